The zero-order valence-corrected chi connectivity index (χ0v) is 10.9. The molecule has 1 aromatic rings. The van der Waals surface area contributed by atoms with Crippen LogP contribution >= 0.6 is 12.2 Å². The van der Waals surface area contributed by atoms with Crippen molar-refractivity contribution < 1.29 is 18.7 Å². The topological polar surface area (TPSA) is 66.6 Å². The predicted octanol–water partition coefficient (Wildman–Crippen LogP) is 1.02. The van der Waals surface area contributed by atoms with Gasteiger partial charge in [0.1, 0.15) is 4.99 Å². The average molecular weight is 288 g/mol. The Kier molecular flexibility index (Phi) is 5.78. The van der Waals surface area contributed by atoms with Gasteiger partial charge in [0.15, 0.2) is 0 Å². The Hall–Kier alpha value is -1.60. The molecular weight excluding hydrogens is 274 g/mol. The Balaban J connectivity index is 2.86. The number of thiocarbonyl (C=S) groups is 1. The van der Waals surface area contributed by atoms with E-state index in [4.69, 9.17) is 23.1 Å². The second kappa shape index (κ2) is 7.10. The molecule has 3 N–H and O–H groups in total. The van der Waals surface area contributed by atoms with E-state index in [0.717, 1.165) is 4.90 Å². The number of hydrogen-bond acceptors (Lipinski definition) is 3. The summed E-state index contributed by atoms with van der Waals surface area (Å²) >= 11 is 4.77. The van der Waals surface area contributed by atoms with E-state index in [2.05, 4.69) is 0 Å². The van der Waals surface area contributed by atoms with Crippen LogP contribution in [0.4, 0.5) is 8.78 Å². The fourth-order valence-corrected chi connectivity index (χ4v) is 1.66. The monoisotopic (exact) mass is 288 g/mol. The molecule has 4 nitrogen and oxygen atoms in total. The molecule has 0 aliphatic heterocycles. The number of hydrogen-bond donors (Lipinski definition) is 2. The van der Waals surface area contributed by atoms with E-state index in [1.165, 1.54) is 12.1 Å². The minimum Gasteiger partial charge on any atom is -0.395 e. The molecule has 0 saturated heterocycles. The van der Waals surface area contributed by atoms with Gasteiger partial charge in [-0.15, -0.1) is 0 Å². The standard InChI is InChI=1S/C12H14F2N2O2S/c13-10(14)7-16(5-6-17)12(18)9-3-1-8(2-4-9)11(15)19/h1-4,10,17H,5-7H2,(H2,15,19). The largest absolute Gasteiger partial charge is 0.395 e. The lowest BCUT2D eigenvalue weighted by Crippen LogP contribution is -2.37. The molecule has 0 aromatic heterocycles. The van der Waals surface area contributed by atoms with Gasteiger partial charge in [-0.2, -0.15) is 0 Å². The number of aliphatic hydroxyl groups is 1. The van der Waals surface area contributed by atoms with Crippen LogP contribution in [0.3, 0.4) is 0 Å². The molecule has 0 aliphatic rings. The van der Waals surface area contributed by atoms with E-state index >= 15 is 0 Å². The quantitative estimate of drug-likeness (QED) is 0.767. The van der Waals surface area contributed by atoms with Gasteiger partial charge in [-0.1, -0.05) is 24.4 Å². The normalized spacial score (nSPS) is 10.5. The molecule has 0 radical (unpaired) electrons. The second-order valence-corrected chi connectivity index (χ2v) is 4.25. The lowest BCUT2D eigenvalue weighted by atomic mass is 10.1. The van der Waals surface area contributed by atoms with Crippen molar-refractivity contribution >= 4 is 23.1 Å². The third-order valence-electron chi connectivity index (χ3n) is 2.43. The maximum atomic E-state index is 12.3. The molecule has 1 aromatic carbocycles. The highest BCUT2D eigenvalue weighted by Crippen LogP contribution is 2.09. The van der Waals surface area contributed by atoms with Crippen molar-refractivity contribution in [1.29, 1.82) is 0 Å². The van der Waals surface area contributed by atoms with Crippen molar-refractivity contribution in [3.05, 3.63) is 35.4 Å². The van der Waals surface area contributed by atoms with Gasteiger partial charge >= 0.3 is 0 Å². The van der Waals surface area contributed by atoms with Gasteiger partial charge in [0.25, 0.3) is 12.3 Å². The minimum atomic E-state index is -2.65. The summed E-state index contributed by atoms with van der Waals surface area (Å²) in [6, 6.07) is 6.03. The molecule has 104 valence electrons. The third-order valence-corrected chi connectivity index (χ3v) is 2.67. The summed E-state index contributed by atoms with van der Waals surface area (Å²) in [5.41, 5.74) is 6.25. The van der Waals surface area contributed by atoms with Gasteiger partial charge in [0, 0.05) is 17.7 Å². The summed E-state index contributed by atoms with van der Waals surface area (Å²) in [5, 5.41) is 8.79. The summed E-state index contributed by atoms with van der Waals surface area (Å²) < 4.78 is 24.7. The number of amides is 1. The third kappa shape index (κ3) is 4.53. The van der Waals surface area contributed by atoms with E-state index in [9.17, 15) is 13.6 Å². The van der Waals surface area contributed by atoms with Crippen LogP contribution in [0.1, 0.15) is 15.9 Å². The Morgan fingerprint density at radius 3 is 2.26 bits per heavy atom. The van der Waals surface area contributed by atoms with Gasteiger partial charge < -0.3 is 15.7 Å². The number of benzene rings is 1. The number of aliphatic hydroxyl groups excluding tert-OH is 1. The molecule has 0 aliphatic carbocycles. The molecule has 0 spiro atoms. The van der Waals surface area contributed by atoms with Crippen LogP contribution < -0.4 is 5.73 Å². The predicted molar refractivity (Wildman–Crippen MR) is 71.3 cm³/mol. The number of carbonyl (C=O) groups is 1. The molecule has 0 atom stereocenters. The average Bonchev–Trinajstić information content (AvgIpc) is 2.37. The minimum absolute atomic E-state index is 0.139. The van der Waals surface area contributed by atoms with Crippen LogP contribution in [0, 0.1) is 0 Å². The zero-order valence-electron chi connectivity index (χ0n) is 10.1. The Morgan fingerprint density at radius 2 is 1.84 bits per heavy atom. The highest BCUT2D eigenvalue weighted by atomic mass is 32.1. The van der Waals surface area contributed by atoms with E-state index in [1.807, 2.05) is 0 Å². The van der Waals surface area contributed by atoms with Crippen LogP contribution in [0.2, 0.25) is 0 Å². The summed E-state index contributed by atoms with van der Waals surface area (Å²) in [5.74, 6) is -0.566. The van der Waals surface area contributed by atoms with Gasteiger partial charge in [0.05, 0.1) is 13.2 Å². The lowest BCUT2D eigenvalue weighted by molar-refractivity contribution is 0.0509. The summed E-state index contributed by atoms with van der Waals surface area (Å²) in [7, 11) is 0. The van der Waals surface area contributed by atoms with E-state index in [0.29, 0.717) is 5.56 Å². The van der Waals surface area contributed by atoms with E-state index in [1.54, 1.807) is 12.1 Å². The van der Waals surface area contributed by atoms with Gasteiger partial charge in [-0.05, 0) is 12.1 Å². The Morgan fingerprint density at radius 1 is 1.32 bits per heavy atom. The van der Waals surface area contributed by atoms with Crippen LogP contribution in [-0.2, 0) is 0 Å². The van der Waals surface area contributed by atoms with Gasteiger partial charge in [-0.3, -0.25) is 4.79 Å². The highest BCUT2D eigenvalue weighted by molar-refractivity contribution is 7.80. The number of alkyl halides is 2. The Labute approximate surface area is 114 Å². The molecule has 0 bridgehead atoms. The van der Waals surface area contributed by atoms with Crippen molar-refractivity contribution in [2.75, 3.05) is 19.7 Å². The maximum absolute atomic E-state index is 12.3. The lowest BCUT2D eigenvalue weighted by Gasteiger charge is -2.21. The van der Waals surface area contributed by atoms with Gasteiger partial charge in [0.2, 0.25) is 0 Å². The van der Waals surface area contributed by atoms with Crippen LogP contribution in [0.25, 0.3) is 0 Å². The summed E-state index contributed by atoms with van der Waals surface area (Å²) in [6.45, 7) is -1.22. The highest BCUT2D eigenvalue weighted by Gasteiger charge is 2.19. The van der Waals surface area contributed by atoms with Crippen LogP contribution in [-0.4, -0.2) is 47.0 Å². The van der Waals surface area contributed by atoms with E-state index in [-0.39, 0.29) is 23.7 Å². The van der Waals surface area contributed by atoms with Crippen molar-refractivity contribution in [2.45, 2.75) is 6.43 Å². The van der Waals surface area contributed by atoms with Gasteiger partial charge in [-0.25, -0.2) is 8.78 Å². The fourth-order valence-electron chi connectivity index (χ4n) is 1.52. The number of carbonyl (C=O) groups excluding carboxylic acids is 1. The number of rotatable bonds is 6. The summed E-state index contributed by atoms with van der Waals surface area (Å²) in [6.07, 6.45) is -2.65. The van der Waals surface area contributed by atoms with Crippen molar-refractivity contribution in [2.24, 2.45) is 5.73 Å². The molecule has 7 heteroatoms. The molecule has 0 fully saturated rings. The molecule has 0 saturated carbocycles. The molecular formula is C12H14F2N2O2S. The second-order valence-electron chi connectivity index (χ2n) is 3.81. The molecule has 1 rings (SSSR count). The van der Waals surface area contributed by atoms with Crippen molar-refractivity contribution in [3.63, 3.8) is 0 Å². The first-order valence-electron chi connectivity index (χ1n) is 5.54. The smallest absolute Gasteiger partial charge is 0.255 e. The van der Waals surface area contributed by atoms with Crippen LogP contribution in [0.15, 0.2) is 24.3 Å². The van der Waals surface area contributed by atoms with E-state index < -0.39 is 18.9 Å². The maximum Gasteiger partial charge on any atom is 0.255 e. The number of nitrogens with two attached hydrogens (primary N) is 1. The molecule has 1 amide bonds. The fraction of sp³-hybridized carbons (Fsp3) is 0.333. The number of halogens is 2. The summed E-state index contributed by atoms with van der Waals surface area (Å²) in [4.78, 5) is 13.1. The Bertz CT molecular complexity index is 452. The molecule has 0 heterocycles. The number of nitrogens with zero attached hydrogens (tertiary/aromatic N) is 1. The molecule has 0 unspecified atom stereocenters. The van der Waals surface area contributed by atoms with Crippen LogP contribution in [0.5, 0.6) is 0 Å². The van der Waals surface area contributed by atoms with Crippen molar-refractivity contribution in [3.8, 4) is 0 Å². The molecule has 19 heavy (non-hydrogen) atoms. The first kappa shape index (κ1) is 15.5. The first-order valence-corrected chi connectivity index (χ1v) is 5.94. The SMILES string of the molecule is NC(=S)c1ccc(C(=O)N(CCO)CC(F)F)cc1. The van der Waals surface area contributed by atoms with Crippen molar-refractivity contribution in [1.82, 2.24) is 4.90 Å². The first-order chi connectivity index (χ1) is 8.95. The zero-order chi connectivity index (χ0) is 14.4.